The molecule has 2 aromatic heterocycles. The van der Waals surface area contributed by atoms with Gasteiger partial charge in [-0.15, -0.1) is 0 Å². The lowest BCUT2D eigenvalue weighted by molar-refractivity contribution is -0.149. The van der Waals surface area contributed by atoms with Crippen LogP contribution in [0.3, 0.4) is 0 Å². The second kappa shape index (κ2) is 12.1. The number of aliphatic hydroxyl groups excluding tert-OH is 1. The topological polar surface area (TPSA) is 150 Å². The molecule has 1 saturated carbocycles. The van der Waals surface area contributed by atoms with Gasteiger partial charge in [0.25, 0.3) is 0 Å². The SMILES string of the molecule is Cc1nc(N(C)C2CC2)c2ncn([C@@H]3O[C@H](CO[P@@](=O)(N[C@H](C)C(=O)OC(C)C)Oc4ccccc4)[C@@H](O)[C@@]3(C)F)c2n1. The minimum absolute atomic E-state index is 0.204. The van der Waals surface area contributed by atoms with Gasteiger partial charge in [0.1, 0.15) is 29.8 Å². The van der Waals surface area contributed by atoms with Crippen molar-refractivity contribution >= 4 is 30.7 Å². The van der Waals surface area contributed by atoms with Gasteiger partial charge in [-0.05, 0) is 59.6 Å². The molecule has 1 aromatic carbocycles. The number of hydrogen-bond acceptors (Lipinski definition) is 11. The van der Waals surface area contributed by atoms with Crippen LogP contribution in [-0.2, 0) is 23.4 Å². The summed E-state index contributed by atoms with van der Waals surface area (Å²) in [6.07, 6.45) is -1.16. The maximum Gasteiger partial charge on any atom is 0.459 e. The van der Waals surface area contributed by atoms with Crippen molar-refractivity contribution in [2.24, 2.45) is 0 Å². The maximum absolute atomic E-state index is 16.2. The number of nitrogens with one attached hydrogen (secondary N) is 1. The quantitative estimate of drug-likeness (QED) is 0.224. The first-order chi connectivity index (χ1) is 20.3. The highest BCUT2D eigenvalue weighted by Gasteiger charge is 2.56. The number of aromatic nitrogens is 4. The summed E-state index contributed by atoms with van der Waals surface area (Å²) in [6, 6.07) is 7.51. The van der Waals surface area contributed by atoms with Crippen LogP contribution in [0, 0.1) is 6.92 Å². The van der Waals surface area contributed by atoms with Gasteiger partial charge in [-0.1, -0.05) is 18.2 Å². The van der Waals surface area contributed by atoms with Gasteiger partial charge in [-0.25, -0.2) is 23.9 Å². The van der Waals surface area contributed by atoms with E-state index in [1.54, 1.807) is 51.1 Å². The minimum Gasteiger partial charge on any atom is -0.462 e. The highest BCUT2D eigenvalue weighted by atomic mass is 31.2. The standard InChI is InChI=1S/C28H38FN6O7P/c1-16(2)40-26(37)17(3)33-43(38,42-20-10-8-7-9-11-20)39-14-21-23(36)28(5,29)27(41-21)35-15-30-22-24(34(6)19-12-13-19)31-18(4)32-25(22)35/h7-11,15-17,19,21,23,27,36H,12-14H2,1-6H3,(H,33,38)/t17-,21-,23-,27-,28-,43+/m1/s1. The molecular formula is C28H38FN6O7P. The average molecular weight is 621 g/mol. The number of benzene rings is 1. The Labute approximate surface area is 249 Å². The fourth-order valence-corrected chi connectivity index (χ4v) is 6.42. The van der Waals surface area contributed by atoms with Gasteiger partial charge in [0.2, 0.25) is 0 Å². The van der Waals surface area contributed by atoms with Gasteiger partial charge in [-0.2, -0.15) is 5.09 Å². The third kappa shape index (κ3) is 6.68. The second-order valence-corrected chi connectivity index (χ2v) is 13.1. The summed E-state index contributed by atoms with van der Waals surface area (Å²) in [4.78, 5) is 28.0. The number of aryl methyl sites for hydroxylation is 1. The average Bonchev–Trinajstić information content (AvgIpc) is 3.67. The summed E-state index contributed by atoms with van der Waals surface area (Å²) < 4.78 is 54.0. The van der Waals surface area contributed by atoms with E-state index in [-0.39, 0.29) is 5.75 Å². The Morgan fingerprint density at radius 3 is 2.63 bits per heavy atom. The molecular weight excluding hydrogens is 582 g/mol. The van der Waals surface area contributed by atoms with E-state index in [1.807, 2.05) is 11.9 Å². The Kier molecular flexibility index (Phi) is 8.79. The monoisotopic (exact) mass is 620 g/mol. The van der Waals surface area contributed by atoms with E-state index in [2.05, 4.69) is 20.0 Å². The second-order valence-electron chi connectivity index (χ2n) is 11.4. The predicted molar refractivity (Wildman–Crippen MR) is 155 cm³/mol. The fourth-order valence-electron chi connectivity index (χ4n) is 4.92. The maximum atomic E-state index is 16.2. The molecule has 0 amide bonds. The van der Waals surface area contributed by atoms with Crippen molar-refractivity contribution < 1.29 is 37.4 Å². The van der Waals surface area contributed by atoms with Crippen molar-refractivity contribution in [2.75, 3.05) is 18.6 Å². The van der Waals surface area contributed by atoms with Crippen LogP contribution in [0.15, 0.2) is 36.7 Å². The molecule has 1 saturated heterocycles. The number of para-hydroxylation sites is 1. The molecule has 15 heteroatoms. The molecule has 1 aliphatic heterocycles. The van der Waals surface area contributed by atoms with Gasteiger partial charge >= 0.3 is 13.7 Å². The number of halogens is 1. The van der Waals surface area contributed by atoms with E-state index >= 15 is 4.39 Å². The molecule has 0 radical (unpaired) electrons. The van der Waals surface area contributed by atoms with Crippen LogP contribution in [0.4, 0.5) is 10.2 Å². The van der Waals surface area contributed by atoms with E-state index < -0.39 is 56.6 Å². The lowest BCUT2D eigenvalue weighted by Crippen LogP contribution is -2.41. The van der Waals surface area contributed by atoms with E-state index in [0.717, 1.165) is 12.8 Å². The summed E-state index contributed by atoms with van der Waals surface area (Å²) in [5, 5.41) is 13.6. The third-order valence-electron chi connectivity index (χ3n) is 7.35. The molecule has 0 bridgehead atoms. The Balaban J connectivity index is 1.37. The Morgan fingerprint density at radius 1 is 1.28 bits per heavy atom. The van der Waals surface area contributed by atoms with Crippen LogP contribution in [0.2, 0.25) is 0 Å². The molecule has 6 atom stereocenters. The smallest absolute Gasteiger partial charge is 0.459 e. The predicted octanol–water partition coefficient (Wildman–Crippen LogP) is 3.85. The lowest BCUT2D eigenvalue weighted by atomic mass is 9.98. The van der Waals surface area contributed by atoms with Crippen LogP contribution >= 0.6 is 7.75 Å². The van der Waals surface area contributed by atoms with Crippen LogP contribution in [-0.4, -0.2) is 80.3 Å². The normalized spacial score (nSPS) is 25.9. The summed E-state index contributed by atoms with van der Waals surface area (Å²) >= 11 is 0. The number of rotatable bonds is 12. The van der Waals surface area contributed by atoms with E-state index in [9.17, 15) is 14.5 Å². The van der Waals surface area contributed by atoms with E-state index in [1.165, 1.54) is 24.7 Å². The number of hydrogen-bond donors (Lipinski definition) is 2. The van der Waals surface area contributed by atoms with Crippen molar-refractivity contribution in [3.63, 3.8) is 0 Å². The number of carbonyl (C=O) groups is 1. The third-order valence-corrected chi connectivity index (χ3v) is 8.99. The van der Waals surface area contributed by atoms with Crippen LogP contribution in [0.1, 0.15) is 52.6 Å². The first-order valence-electron chi connectivity index (χ1n) is 14.2. The number of fused-ring (bicyclic) bond motifs is 1. The van der Waals surface area contributed by atoms with Crippen molar-refractivity contribution in [3.8, 4) is 5.75 Å². The van der Waals surface area contributed by atoms with Crippen LogP contribution < -0.4 is 14.5 Å². The molecule has 1 aliphatic carbocycles. The number of anilines is 1. The number of ether oxygens (including phenoxy) is 2. The van der Waals surface area contributed by atoms with Gasteiger partial charge in [-0.3, -0.25) is 13.9 Å². The number of esters is 1. The number of alkyl halides is 1. The van der Waals surface area contributed by atoms with Crippen molar-refractivity contribution in [1.29, 1.82) is 0 Å². The number of imidazole rings is 1. The molecule has 2 aliphatic rings. The van der Waals surface area contributed by atoms with Gasteiger partial charge in [0.15, 0.2) is 28.9 Å². The highest BCUT2D eigenvalue weighted by molar-refractivity contribution is 7.52. The molecule has 2 N–H and O–H groups in total. The summed E-state index contributed by atoms with van der Waals surface area (Å²) in [6.45, 7) is 7.25. The molecule has 3 heterocycles. The zero-order valence-corrected chi connectivity index (χ0v) is 25.9. The molecule has 0 spiro atoms. The molecule has 43 heavy (non-hydrogen) atoms. The van der Waals surface area contributed by atoms with E-state index in [0.29, 0.717) is 28.8 Å². The van der Waals surface area contributed by atoms with Gasteiger partial charge in [0.05, 0.1) is 19.0 Å². The summed E-state index contributed by atoms with van der Waals surface area (Å²) in [7, 11) is -2.33. The molecule has 2 fully saturated rings. The largest absolute Gasteiger partial charge is 0.462 e. The Morgan fingerprint density at radius 2 is 1.98 bits per heavy atom. The number of carbonyl (C=O) groups excluding carboxylic acids is 1. The Bertz CT molecular complexity index is 1500. The van der Waals surface area contributed by atoms with Gasteiger partial charge in [0, 0.05) is 13.1 Å². The molecule has 5 rings (SSSR count). The number of nitrogens with zero attached hydrogens (tertiary/aromatic N) is 5. The highest BCUT2D eigenvalue weighted by Crippen LogP contribution is 2.48. The van der Waals surface area contributed by atoms with Crippen molar-refractivity contribution in [3.05, 3.63) is 42.5 Å². The van der Waals surface area contributed by atoms with Gasteiger partial charge < -0.3 is 24.0 Å². The van der Waals surface area contributed by atoms with Crippen molar-refractivity contribution in [1.82, 2.24) is 24.6 Å². The molecule has 3 aromatic rings. The zero-order valence-electron chi connectivity index (χ0n) is 25.0. The van der Waals surface area contributed by atoms with Crippen LogP contribution in [0.25, 0.3) is 11.2 Å². The fraction of sp³-hybridized carbons (Fsp3) is 0.571. The van der Waals surface area contributed by atoms with Crippen LogP contribution in [0.5, 0.6) is 5.75 Å². The number of aliphatic hydroxyl groups is 1. The zero-order chi connectivity index (χ0) is 31.1. The molecule has 13 nitrogen and oxygen atoms in total. The summed E-state index contributed by atoms with van der Waals surface area (Å²) in [5.41, 5.74) is -1.47. The van der Waals surface area contributed by atoms with Crippen molar-refractivity contribution in [2.45, 2.75) is 89.8 Å². The summed E-state index contributed by atoms with van der Waals surface area (Å²) in [5.74, 6) is 0.652. The molecule has 234 valence electrons. The van der Waals surface area contributed by atoms with E-state index in [4.69, 9.17) is 18.5 Å². The Hall–Kier alpha value is -3.16. The first kappa shape index (κ1) is 31.3. The minimum atomic E-state index is -4.27. The lowest BCUT2D eigenvalue weighted by Gasteiger charge is -2.25. The first-order valence-corrected chi connectivity index (χ1v) is 15.8. The molecule has 0 unspecified atom stereocenters.